The first kappa shape index (κ1) is 26.9. The smallest absolute Gasteiger partial charge is 0.408 e. The van der Waals surface area contributed by atoms with Crippen LogP contribution in [0.2, 0.25) is 0 Å². The minimum Gasteiger partial charge on any atom is -0.465 e. The molecule has 2 aliphatic rings. The van der Waals surface area contributed by atoms with Crippen LogP contribution in [0.1, 0.15) is 104 Å². The maximum absolute atomic E-state index is 12.0. The number of hydrazine groups is 1. The van der Waals surface area contributed by atoms with E-state index in [-0.39, 0.29) is 5.41 Å². The maximum atomic E-state index is 12.0. The molecule has 192 valence electrons. The van der Waals surface area contributed by atoms with E-state index in [1.165, 1.54) is 56.3 Å². The van der Waals surface area contributed by atoms with Crippen LogP contribution >= 0.6 is 0 Å². The van der Waals surface area contributed by atoms with E-state index < -0.39 is 11.6 Å². The standard InChI is InChI=1S/C29H43N3O3/c1-5-6-7-8-9-10-11-12-13-14-16-24-17-19-25(20-18-24)32-23-26(35-30-32)29(28(2,3)4)21-15-22-31(29)27(33)34/h17-20,23,30H,5-13,15,21-22H2,1-4H3,(H,33,34). The topological polar surface area (TPSA) is 65.0 Å². The predicted octanol–water partition coefficient (Wildman–Crippen LogP) is 7.23. The molecule has 35 heavy (non-hydrogen) atoms. The van der Waals surface area contributed by atoms with Crippen molar-refractivity contribution in [2.45, 2.75) is 104 Å². The lowest BCUT2D eigenvalue weighted by Gasteiger charge is -2.46. The number of likely N-dealkylation sites (tertiary alicyclic amines) is 1. The Labute approximate surface area is 211 Å². The summed E-state index contributed by atoms with van der Waals surface area (Å²) >= 11 is 0. The quantitative estimate of drug-likeness (QED) is 0.273. The number of carbonyl (C=O) groups is 1. The Morgan fingerprint density at radius 1 is 1.09 bits per heavy atom. The Hall–Kier alpha value is -2.65. The summed E-state index contributed by atoms with van der Waals surface area (Å²) in [6.07, 6.45) is 14.0. The second-order valence-electron chi connectivity index (χ2n) is 10.8. The van der Waals surface area contributed by atoms with E-state index in [4.69, 9.17) is 4.84 Å². The number of benzene rings is 1. The molecule has 1 atom stereocenters. The Balaban J connectivity index is 1.56. The highest BCUT2D eigenvalue weighted by molar-refractivity contribution is 5.68. The first-order chi connectivity index (χ1) is 16.8. The summed E-state index contributed by atoms with van der Waals surface area (Å²) in [4.78, 5) is 19.4. The van der Waals surface area contributed by atoms with E-state index in [1.54, 1.807) is 5.01 Å². The Bertz CT molecular complexity index is 923. The highest BCUT2D eigenvalue weighted by Gasteiger charge is 2.57. The van der Waals surface area contributed by atoms with Crippen molar-refractivity contribution in [1.82, 2.24) is 10.5 Å². The zero-order valence-electron chi connectivity index (χ0n) is 22.0. The number of amides is 1. The van der Waals surface area contributed by atoms with Crippen molar-refractivity contribution >= 4 is 11.8 Å². The second kappa shape index (κ2) is 12.4. The lowest BCUT2D eigenvalue weighted by molar-refractivity contribution is -0.00637. The summed E-state index contributed by atoms with van der Waals surface area (Å²) in [6.45, 7) is 8.98. The number of hydrogen-bond donors (Lipinski definition) is 2. The molecule has 1 fully saturated rings. The van der Waals surface area contributed by atoms with Crippen molar-refractivity contribution in [3.05, 3.63) is 41.8 Å². The molecule has 1 unspecified atom stereocenters. The molecule has 1 amide bonds. The van der Waals surface area contributed by atoms with Gasteiger partial charge >= 0.3 is 6.09 Å². The third-order valence-electron chi connectivity index (χ3n) is 7.29. The molecule has 0 bridgehead atoms. The van der Waals surface area contributed by atoms with Gasteiger partial charge in [0.05, 0.1) is 11.9 Å². The molecule has 1 saturated heterocycles. The Morgan fingerprint density at radius 2 is 1.74 bits per heavy atom. The lowest BCUT2D eigenvalue weighted by Crippen LogP contribution is -2.56. The fourth-order valence-corrected chi connectivity index (χ4v) is 5.29. The molecule has 2 aliphatic heterocycles. The molecule has 6 heteroatoms. The summed E-state index contributed by atoms with van der Waals surface area (Å²) in [7, 11) is 0. The first-order valence-electron chi connectivity index (χ1n) is 13.3. The van der Waals surface area contributed by atoms with Gasteiger partial charge in [-0.25, -0.2) is 9.80 Å². The molecule has 0 radical (unpaired) electrons. The number of nitrogens with zero attached hydrogens (tertiary/aromatic N) is 2. The summed E-state index contributed by atoms with van der Waals surface area (Å²) in [5.41, 5.74) is 3.83. The lowest BCUT2D eigenvalue weighted by atomic mass is 9.70. The zero-order chi connectivity index (χ0) is 25.3. The highest BCUT2D eigenvalue weighted by atomic mass is 16.7. The van der Waals surface area contributed by atoms with Crippen LogP contribution in [0.25, 0.3) is 0 Å². The van der Waals surface area contributed by atoms with Crippen LogP contribution in [0, 0.1) is 17.3 Å². The van der Waals surface area contributed by atoms with Crippen LogP contribution < -0.4 is 10.6 Å². The van der Waals surface area contributed by atoms with Crippen LogP contribution in [-0.2, 0) is 4.84 Å². The second-order valence-corrected chi connectivity index (χ2v) is 10.8. The van der Waals surface area contributed by atoms with Gasteiger partial charge in [0, 0.05) is 18.5 Å². The summed E-state index contributed by atoms with van der Waals surface area (Å²) in [6, 6.07) is 8.04. The van der Waals surface area contributed by atoms with E-state index in [9.17, 15) is 9.90 Å². The summed E-state index contributed by atoms with van der Waals surface area (Å²) in [5.74, 6) is 7.22. The number of anilines is 1. The third kappa shape index (κ3) is 6.52. The van der Waals surface area contributed by atoms with Crippen molar-refractivity contribution in [3.8, 4) is 11.8 Å². The Kier molecular flexibility index (Phi) is 9.51. The van der Waals surface area contributed by atoms with Crippen LogP contribution in [-0.4, -0.2) is 28.2 Å². The number of carboxylic acid groups (broad SMARTS) is 1. The Morgan fingerprint density at radius 3 is 2.37 bits per heavy atom. The van der Waals surface area contributed by atoms with Gasteiger partial charge in [-0.15, -0.1) is 0 Å². The average molecular weight is 482 g/mol. The van der Waals surface area contributed by atoms with E-state index in [0.717, 1.165) is 30.5 Å². The zero-order valence-corrected chi connectivity index (χ0v) is 22.0. The first-order valence-corrected chi connectivity index (χ1v) is 13.3. The molecule has 2 N–H and O–H groups in total. The van der Waals surface area contributed by atoms with Crippen LogP contribution in [0.15, 0.2) is 36.2 Å². The molecule has 2 heterocycles. The van der Waals surface area contributed by atoms with E-state index in [1.807, 2.05) is 30.5 Å². The van der Waals surface area contributed by atoms with Gasteiger partial charge in [0.2, 0.25) is 0 Å². The predicted molar refractivity (Wildman–Crippen MR) is 141 cm³/mol. The average Bonchev–Trinajstić information content (AvgIpc) is 3.49. The number of rotatable bonds is 10. The normalized spacial score (nSPS) is 19.8. The number of hydrogen-bond acceptors (Lipinski definition) is 4. The van der Waals surface area contributed by atoms with Gasteiger partial charge in [-0.05, 0) is 48.9 Å². The summed E-state index contributed by atoms with van der Waals surface area (Å²) in [5, 5.41) is 11.7. The van der Waals surface area contributed by atoms with E-state index in [0.29, 0.717) is 12.3 Å². The summed E-state index contributed by atoms with van der Waals surface area (Å²) < 4.78 is 0. The number of nitrogens with one attached hydrogen (secondary N) is 1. The van der Waals surface area contributed by atoms with Gasteiger partial charge < -0.3 is 9.94 Å². The van der Waals surface area contributed by atoms with Crippen molar-refractivity contribution in [1.29, 1.82) is 0 Å². The SMILES string of the molecule is CCCCCCCCCCC#Cc1ccc(N2C=C(C3(C(C)(C)C)CCCN3C(=O)O)ON2)cc1. The van der Waals surface area contributed by atoms with Crippen LogP contribution in [0.5, 0.6) is 0 Å². The van der Waals surface area contributed by atoms with Gasteiger partial charge in [0.15, 0.2) is 5.76 Å². The molecule has 0 saturated carbocycles. The van der Waals surface area contributed by atoms with Gasteiger partial charge in [-0.2, -0.15) is 0 Å². The van der Waals surface area contributed by atoms with E-state index >= 15 is 0 Å². The van der Waals surface area contributed by atoms with Crippen molar-refractivity contribution in [3.63, 3.8) is 0 Å². The van der Waals surface area contributed by atoms with Crippen molar-refractivity contribution < 1.29 is 14.7 Å². The van der Waals surface area contributed by atoms with Crippen molar-refractivity contribution in [2.24, 2.45) is 5.41 Å². The molecular weight excluding hydrogens is 438 g/mol. The van der Waals surface area contributed by atoms with Crippen molar-refractivity contribution in [2.75, 3.05) is 11.6 Å². The van der Waals surface area contributed by atoms with Gasteiger partial charge in [-0.3, -0.25) is 4.90 Å². The molecule has 3 rings (SSSR count). The molecular formula is C29H43N3O3. The molecule has 0 aromatic heterocycles. The largest absolute Gasteiger partial charge is 0.465 e. The molecule has 1 aromatic carbocycles. The number of unbranched alkanes of at least 4 members (excludes halogenated alkanes) is 8. The van der Waals surface area contributed by atoms with Gasteiger partial charge in [0.25, 0.3) is 0 Å². The minimum absolute atomic E-state index is 0.320. The van der Waals surface area contributed by atoms with Gasteiger partial charge in [0.1, 0.15) is 5.54 Å². The van der Waals surface area contributed by atoms with Crippen LogP contribution in [0.4, 0.5) is 10.5 Å². The van der Waals surface area contributed by atoms with Gasteiger partial charge in [-0.1, -0.05) is 90.1 Å². The highest BCUT2D eigenvalue weighted by Crippen LogP contribution is 2.49. The minimum atomic E-state index is -0.907. The van der Waals surface area contributed by atoms with Crippen LogP contribution in [0.3, 0.4) is 0 Å². The maximum Gasteiger partial charge on any atom is 0.408 e. The third-order valence-corrected chi connectivity index (χ3v) is 7.29. The fraction of sp³-hybridized carbons (Fsp3) is 0.621. The molecule has 0 spiro atoms. The monoisotopic (exact) mass is 481 g/mol. The molecule has 1 aromatic rings. The molecule has 0 aliphatic carbocycles. The molecule has 6 nitrogen and oxygen atoms in total. The fourth-order valence-electron chi connectivity index (χ4n) is 5.29. The van der Waals surface area contributed by atoms with E-state index in [2.05, 4.69) is 45.1 Å².